The highest BCUT2D eigenvalue weighted by atomic mass is 35.5. The fourth-order valence-corrected chi connectivity index (χ4v) is 4.64. The van der Waals surface area contributed by atoms with Gasteiger partial charge in [-0.25, -0.2) is 9.55 Å². The summed E-state index contributed by atoms with van der Waals surface area (Å²) in [6.07, 6.45) is -3.03. The fourth-order valence-electron chi connectivity index (χ4n) is 3.60. The Morgan fingerprint density at radius 1 is 1.38 bits per heavy atom. The molecule has 3 heterocycles. The van der Waals surface area contributed by atoms with E-state index in [4.69, 9.17) is 11.6 Å². The lowest BCUT2D eigenvalue weighted by molar-refractivity contribution is -0.705. The summed E-state index contributed by atoms with van der Waals surface area (Å²) in [6, 6.07) is 3.78. The lowest BCUT2D eigenvalue weighted by Crippen LogP contribution is -2.44. The summed E-state index contributed by atoms with van der Waals surface area (Å²) in [5, 5.41) is 12.9. The van der Waals surface area contributed by atoms with E-state index in [1.807, 2.05) is 0 Å². The zero-order valence-corrected chi connectivity index (χ0v) is 16.8. The average Bonchev–Trinajstić information content (AvgIpc) is 3.23. The maximum absolute atomic E-state index is 13.3. The first-order valence-corrected chi connectivity index (χ1v) is 9.64. The number of fused-ring (bicyclic) bond motifs is 1. The predicted molar refractivity (Wildman–Crippen MR) is 100 cm³/mol. The Morgan fingerprint density at radius 3 is 2.72 bits per heavy atom. The lowest BCUT2D eigenvalue weighted by Gasteiger charge is -2.19. The van der Waals surface area contributed by atoms with Gasteiger partial charge in [0, 0.05) is 12.1 Å². The van der Waals surface area contributed by atoms with Crippen LogP contribution in [0.15, 0.2) is 35.3 Å². The van der Waals surface area contributed by atoms with Crippen molar-refractivity contribution in [1.29, 1.82) is 0 Å². The standard InChI is InChI=1S/C18H14ClF3N4O2S/c1-24-8-11(12-7-23-16(19)29-12)26-15(28)13(14(27)25(2)17(24)26)9-4-3-5-10(6-9)18(20,21)22/h3-7,11H,8H2,1-2H3. The van der Waals surface area contributed by atoms with Crippen molar-refractivity contribution in [1.82, 2.24) is 9.55 Å². The van der Waals surface area contributed by atoms with Gasteiger partial charge in [0.2, 0.25) is 0 Å². The van der Waals surface area contributed by atoms with Gasteiger partial charge in [-0.2, -0.15) is 17.7 Å². The van der Waals surface area contributed by atoms with Crippen molar-refractivity contribution in [3.63, 3.8) is 0 Å². The predicted octanol–water partition coefficient (Wildman–Crippen LogP) is 2.58. The van der Waals surface area contributed by atoms with E-state index >= 15 is 0 Å². The molecule has 0 saturated heterocycles. The smallest absolute Gasteiger partial charge is 0.416 e. The molecule has 0 fully saturated rings. The van der Waals surface area contributed by atoms with Gasteiger partial charge in [-0.15, -0.1) is 11.3 Å². The van der Waals surface area contributed by atoms with Gasteiger partial charge in [-0.3, -0.25) is 9.69 Å². The molecule has 4 rings (SSSR count). The highest BCUT2D eigenvalue weighted by Crippen LogP contribution is 2.36. The Balaban J connectivity index is 1.97. The number of nitrogens with zero attached hydrogens (tertiary/aromatic N) is 4. The Hall–Kier alpha value is -2.59. The molecule has 0 N–H and O–H groups in total. The van der Waals surface area contributed by atoms with Crippen molar-refractivity contribution in [2.45, 2.75) is 12.2 Å². The van der Waals surface area contributed by atoms with Crippen LogP contribution in [0.4, 0.5) is 19.1 Å². The van der Waals surface area contributed by atoms with E-state index in [9.17, 15) is 23.1 Å². The van der Waals surface area contributed by atoms with Gasteiger partial charge < -0.3 is 5.11 Å². The van der Waals surface area contributed by atoms with Crippen LogP contribution in [0.2, 0.25) is 4.47 Å². The molecule has 1 atom stereocenters. The largest absolute Gasteiger partial charge is 0.848 e. The number of hydrogen-bond acceptors (Lipinski definition) is 5. The van der Waals surface area contributed by atoms with Crippen LogP contribution in [0.25, 0.3) is 11.1 Å². The van der Waals surface area contributed by atoms with Crippen LogP contribution in [0.3, 0.4) is 0 Å². The molecule has 1 aliphatic heterocycles. The Labute approximate surface area is 172 Å². The van der Waals surface area contributed by atoms with Gasteiger partial charge in [0.1, 0.15) is 6.54 Å². The zero-order chi connectivity index (χ0) is 21.1. The van der Waals surface area contributed by atoms with Crippen molar-refractivity contribution in [2.75, 3.05) is 18.5 Å². The van der Waals surface area contributed by atoms with Crippen molar-refractivity contribution >= 4 is 28.9 Å². The van der Waals surface area contributed by atoms with Crippen LogP contribution in [-0.2, 0) is 13.2 Å². The van der Waals surface area contributed by atoms with Gasteiger partial charge in [0.25, 0.3) is 0 Å². The molecule has 2 aromatic heterocycles. The number of thiazole rings is 1. The molecule has 1 aliphatic rings. The SMILES string of the molecule is CN1CC(c2cnc(Cl)s2)n2c1[n+](C)c([O-])c(-c1cccc(C(F)(F)F)c1)c2=O. The van der Waals surface area contributed by atoms with Crippen LogP contribution in [0.5, 0.6) is 5.88 Å². The molecule has 11 heteroatoms. The van der Waals surface area contributed by atoms with E-state index in [0.717, 1.165) is 17.0 Å². The molecule has 0 bridgehead atoms. The second-order valence-corrected chi connectivity index (χ2v) is 8.35. The highest BCUT2D eigenvalue weighted by molar-refractivity contribution is 7.15. The number of likely N-dealkylation sites (N-methyl/N-ethyl adjacent to an activating group) is 1. The minimum absolute atomic E-state index is 0.0728. The molecule has 152 valence electrons. The number of aromatic nitrogens is 3. The molecule has 0 aliphatic carbocycles. The van der Waals surface area contributed by atoms with E-state index in [1.54, 1.807) is 18.1 Å². The molecule has 29 heavy (non-hydrogen) atoms. The molecule has 1 unspecified atom stereocenters. The molecule has 0 spiro atoms. The van der Waals surface area contributed by atoms with E-state index in [-0.39, 0.29) is 11.1 Å². The molecular formula is C18H14ClF3N4O2S. The van der Waals surface area contributed by atoms with Crippen molar-refractivity contribution in [3.05, 3.63) is 55.7 Å². The Bertz CT molecular complexity index is 1170. The summed E-state index contributed by atoms with van der Waals surface area (Å²) in [6.45, 7) is 0.396. The van der Waals surface area contributed by atoms with Crippen LogP contribution in [0.1, 0.15) is 16.5 Å². The first-order chi connectivity index (χ1) is 13.6. The summed E-state index contributed by atoms with van der Waals surface area (Å²) < 4.78 is 42.4. The Morgan fingerprint density at radius 2 is 2.10 bits per heavy atom. The van der Waals surface area contributed by atoms with Gasteiger partial charge in [0.05, 0.1) is 30.1 Å². The second kappa shape index (κ2) is 6.74. The van der Waals surface area contributed by atoms with Gasteiger partial charge in [-0.05, 0) is 17.7 Å². The maximum atomic E-state index is 13.3. The normalized spacial score (nSPS) is 16.3. The van der Waals surface area contributed by atoms with Crippen molar-refractivity contribution < 1.29 is 22.8 Å². The number of hydrogen-bond donors (Lipinski definition) is 0. The first-order valence-electron chi connectivity index (χ1n) is 8.45. The molecule has 3 aromatic rings. The van der Waals surface area contributed by atoms with E-state index in [1.165, 1.54) is 39.7 Å². The zero-order valence-electron chi connectivity index (χ0n) is 15.2. The van der Waals surface area contributed by atoms with Crippen LogP contribution in [0, 0.1) is 0 Å². The van der Waals surface area contributed by atoms with Crippen molar-refractivity contribution in [3.8, 4) is 17.0 Å². The average molecular weight is 443 g/mol. The van der Waals surface area contributed by atoms with Crippen LogP contribution >= 0.6 is 22.9 Å². The summed E-state index contributed by atoms with van der Waals surface area (Å²) in [5.74, 6) is -0.291. The van der Waals surface area contributed by atoms with Crippen molar-refractivity contribution in [2.24, 2.45) is 7.05 Å². The number of rotatable bonds is 2. The minimum atomic E-state index is -4.59. The fraction of sp³-hybridized carbons (Fsp3) is 0.278. The molecule has 0 radical (unpaired) electrons. The minimum Gasteiger partial charge on any atom is -0.848 e. The van der Waals surface area contributed by atoms with Gasteiger partial charge in [-0.1, -0.05) is 23.7 Å². The third-order valence-electron chi connectivity index (χ3n) is 4.87. The number of anilines is 1. The molecule has 1 aromatic carbocycles. The lowest BCUT2D eigenvalue weighted by atomic mass is 10.0. The third-order valence-corrected chi connectivity index (χ3v) is 6.08. The topological polar surface area (TPSA) is 65.1 Å². The van der Waals surface area contributed by atoms with Crippen LogP contribution < -0.4 is 20.1 Å². The maximum Gasteiger partial charge on any atom is 0.416 e. The quantitative estimate of drug-likeness (QED) is 0.572. The van der Waals surface area contributed by atoms with Crippen LogP contribution in [-0.4, -0.2) is 23.1 Å². The Kier molecular flexibility index (Phi) is 4.58. The number of benzene rings is 1. The van der Waals surface area contributed by atoms with E-state index < -0.39 is 29.2 Å². The molecule has 6 nitrogen and oxygen atoms in total. The summed E-state index contributed by atoms with van der Waals surface area (Å²) in [5.41, 5.74) is -1.96. The number of halogens is 4. The second-order valence-electron chi connectivity index (χ2n) is 6.70. The molecule has 0 amide bonds. The summed E-state index contributed by atoms with van der Waals surface area (Å²) in [4.78, 5) is 19.8. The highest BCUT2D eigenvalue weighted by Gasteiger charge is 2.40. The molecular weight excluding hydrogens is 429 g/mol. The van der Waals surface area contributed by atoms with Gasteiger partial charge >= 0.3 is 17.7 Å². The summed E-state index contributed by atoms with van der Waals surface area (Å²) >= 11 is 7.14. The van der Waals surface area contributed by atoms with E-state index in [0.29, 0.717) is 17.0 Å². The molecule has 0 saturated carbocycles. The third kappa shape index (κ3) is 3.16. The van der Waals surface area contributed by atoms with E-state index in [2.05, 4.69) is 4.98 Å². The first kappa shape index (κ1) is 19.7. The van der Waals surface area contributed by atoms with Gasteiger partial charge in [0.15, 0.2) is 10.5 Å². The number of alkyl halides is 3. The monoisotopic (exact) mass is 442 g/mol. The summed E-state index contributed by atoms with van der Waals surface area (Å²) in [7, 11) is 3.22.